The van der Waals surface area contributed by atoms with Crippen molar-refractivity contribution < 1.29 is 43.5 Å². The van der Waals surface area contributed by atoms with Gasteiger partial charge in [-0.15, -0.1) is 0 Å². The fourth-order valence-corrected chi connectivity index (χ4v) is 5.05. The maximum absolute atomic E-state index is 14.0. The van der Waals surface area contributed by atoms with E-state index in [1.165, 1.54) is 55.5 Å². The maximum Gasteiger partial charge on any atom is 0.363 e. The molecule has 14 nitrogen and oxygen atoms in total. The number of benzene rings is 3. The molecule has 5 amide bonds. The quantitative estimate of drug-likeness (QED) is 0.195. The number of imide groups is 1. The Hall–Kier alpha value is -5.89. The molecule has 0 aliphatic carbocycles. The summed E-state index contributed by atoms with van der Waals surface area (Å²) >= 11 is 0. The van der Waals surface area contributed by atoms with Crippen LogP contribution in [0.5, 0.6) is 0 Å². The summed E-state index contributed by atoms with van der Waals surface area (Å²) in [5.74, 6) is -6.59. The van der Waals surface area contributed by atoms with Crippen molar-refractivity contribution in [2.45, 2.75) is 44.4 Å². The molecule has 0 unspecified atom stereocenters. The van der Waals surface area contributed by atoms with E-state index >= 15 is 0 Å². The standard InChI is InChI=1S/C32H31N5O9/c1-19(38)26(36(23-11-7-4-8-12-23)28(42)24(33)17-25(39)40)29(43)46-37-30(44)32(2,22-15-13-21(14-16-22)27(34)41)35(31(37)45)18-20-9-5-3-6-10-20/h3-16,24,26H,17-18,33H2,1-2H3,(H2,34,41)(H,39,40)/t24-,26-,32+/m0/s1. The average molecular weight is 630 g/mol. The Labute approximate surface area is 263 Å². The van der Waals surface area contributed by atoms with E-state index in [9.17, 15) is 38.7 Å². The number of urea groups is 1. The van der Waals surface area contributed by atoms with Crippen LogP contribution in [0.15, 0.2) is 84.9 Å². The lowest BCUT2D eigenvalue weighted by molar-refractivity contribution is -0.186. The molecule has 0 saturated carbocycles. The van der Waals surface area contributed by atoms with E-state index in [0.717, 1.165) is 11.8 Å². The van der Waals surface area contributed by atoms with E-state index < -0.39 is 65.5 Å². The van der Waals surface area contributed by atoms with Gasteiger partial charge in [0.2, 0.25) is 11.8 Å². The summed E-state index contributed by atoms with van der Waals surface area (Å²) in [6.45, 7) is 2.30. The SMILES string of the molecule is CC(=O)[C@@H](C(=O)ON1C(=O)N(Cc2ccccc2)[C@](C)(c2ccc(C(N)=O)cc2)C1=O)N(C(=O)[C@@H](N)CC(=O)O)c1ccccc1. The third-order valence-electron chi connectivity index (χ3n) is 7.49. The zero-order valence-electron chi connectivity index (χ0n) is 24.9. The first-order chi connectivity index (χ1) is 21.8. The Morgan fingerprint density at radius 1 is 0.913 bits per heavy atom. The third kappa shape index (κ3) is 6.46. The first-order valence-corrected chi connectivity index (χ1v) is 14.0. The second-order valence-corrected chi connectivity index (χ2v) is 10.6. The minimum absolute atomic E-state index is 0.00893. The van der Waals surface area contributed by atoms with Crippen LogP contribution >= 0.6 is 0 Å². The van der Waals surface area contributed by atoms with Gasteiger partial charge in [0.05, 0.1) is 12.5 Å². The average Bonchev–Trinajstić information content (AvgIpc) is 3.20. The molecule has 3 atom stereocenters. The number of carboxylic acid groups (broad SMARTS) is 1. The van der Waals surface area contributed by atoms with Gasteiger partial charge in [-0.2, -0.15) is 0 Å². The van der Waals surface area contributed by atoms with E-state index in [4.69, 9.17) is 16.3 Å². The number of hydroxylamine groups is 2. The fourth-order valence-electron chi connectivity index (χ4n) is 5.05. The lowest BCUT2D eigenvalue weighted by Crippen LogP contribution is -2.56. The molecule has 1 aliphatic heterocycles. The molecular weight excluding hydrogens is 598 g/mol. The van der Waals surface area contributed by atoms with Crippen LogP contribution in [0.3, 0.4) is 0 Å². The summed E-state index contributed by atoms with van der Waals surface area (Å²) < 4.78 is 0. The van der Waals surface area contributed by atoms with Gasteiger partial charge in [0, 0.05) is 17.8 Å². The summed E-state index contributed by atoms with van der Waals surface area (Å²) in [6.07, 6.45) is -0.813. The summed E-state index contributed by atoms with van der Waals surface area (Å²) in [5, 5.41) is 9.40. The zero-order valence-corrected chi connectivity index (χ0v) is 24.9. The fraction of sp³-hybridized carbons (Fsp3) is 0.219. The molecule has 3 aromatic rings. The lowest BCUT2D eigenvalue weighted by atomic mass is 9.89. The Morgan fingerprint density at radius 2 is 1.48 bits per heavy atom. The minimum Gasteiger partial charge on any atom is -0.481 e. The molecule has 4 rings (SSSR count). The van der Waals surface area contributed by atoms with Gasteiger partial charge in [-0.3, -0.25) is 33.8 Å². The normalized spacial score (nSPS) is 17.3. The van der Waals surface area contributed by atoms with Crippen LogP contribution in [-0.2, 0) is 40.9 Å². The Morgan fingerprint density at radius 3 is 2.00 bits per heavy atom. The summed E-state index contributed by atoms with van der Waals surface area (Å²) in [4.78, 5) is 98.1. The highest BCUT2D eigenvalue weighted by molar-refractivity contribution is 6.15. The second kappa shape index (κ2) is 13.4. The van der Waals surface area contributed by atoms with Crippen LogP contribution in [0, 0.1) is 0 Å². The molecule has 1 fully saturated rings. The predicted octanol–water partition coefficient (Wildman–Crippen LogP) is 1.72. The van der Waals surface area contributed by atoms with Gasteiger partial charge >= 0.3 is 18.0 Å². The summed E-state index contributed by atoms with van der Waals surface area (Å²) in [6, 6.07) is 16.9. The number of anilines is 1. The second-order valence-electron chi connectivity index (χ2n) is 10.6. The van der Waals surface area contributed by atoms with Crippen molar-refractivity contribution in [3.05, 3.63) is 102 Å². The largest absolute Gasteiger partial charge is 0.481 e. The number of nitrogens with zero attached hydrogens (tertiary/aromatic N) is 3. The van der Waals surface area contributed by atoms with Crippen molar-refractivity contribution in [1.82, 2.24) is 9.96 Å². The van der Waals surface area contributed by atoms with Crippen LogP contribution in [0.2, 0.25) is 0 Å². The van der Waals surface area contributed by atoms with Crippen LogP contribution in [0.1, 0.15) is 41.8 Å². The number of hydrogen-bond donors (Lipinski definition) is 3. The number of carbonyl (C=O) groups excluding carboxylic acids is 6. The number of ketones is 1. The van der Waals surface area contributed by atoms with Crippen LogP contribution in [0.25, 0.3) is 0 Å². The monoisotopic (exact) mass is 629 g/mol. The molecule has 46 heavy (non-hydrogen) atoms. The third-order valence-corrected chi connectivity index (χ3v) is 7.49. The highest BCUT2D eigenvalue weighted by atomic mass is 16.7. The Balaban J connectivity index is 1.74. The van der Waals surface area contributed by atoms with E-state index in [-0.39, 0.29) is 28.4 Å². The van der Waals surface area contributed by atoms with Gasteiger partial charge in [-0.1, -0.05) is 65.7 Å². The maximum atomic E-state index is 14.0. The number of nitrogens with two attached hydrogens (primary N) is 2. The molecule has 0 aromatic heterocycles. The molecule has 1 heterocycles. The first kappa shape index (κ1) is 33.0. The molecule has 0 spiro atoms. The van der Waals surface area contributed by atoms with Gasteiger partial charge in [0.1, 0.15) is 5.54 Å². The van der Waals surface area contributed by atoms with Crippen LogP contribution < -0.4 is 16.4 Å². The van der Waals surface area contributed by atoms with Crippen LogP contribution in [0.4, 0.5) is 10.5 Å². The molecule has 1 saturated heterocycles. The van der Waals surface area contributed by atoms with E-state index in [2.05, 4.69) is 0 Å². The van der Waals surface area contributed by atoms with Gasteiger partial charge in [-0.05, 0) is 49.2 Å². The molecule has 0 bridgehead atoms. The number of Topliss-reactive ketones (excluding diaryl/α,β-unsaturated/α-hetero) is 1. The summed E-state index contributed by atoms with van der Waals surface area (Å²) in [5.41, 5.74) is 10.5. The molecule has 5 N–H and O–H groups in total. The number of carboxylic acids is 1. The van der Waals surface area contributed by atoms with E-state index in [0.29, 0.717) is 10.5 Å². The highest BCUT2D eigenvalue weighted by Gasteiger charge is 2.58. The number of primary amides is 1. The van der Waals surface area contributed by atoms with E-state index in [1.54, 1.807) is 36.4 Å². The van der Waals surface area contributed by atoms with Crippen molar-refractivity contribution in [3.63, 3.8) is 0 Å². The van der Waals surface area contributed by atoms with Crippen molar-refractivity contribution in [3.8, 4) is 0 Å². The van der Waals surface area contributed by atoms with Gasteiger partial charge < -0.3 is 21.4 Å². The molecule has 238 valence electrons. The lowest BCUT2D eigenvalue weighted by Gasteiger charge is -2.32. The van der Waals surface area contributed by atoms with Gasteiger partial charge in [-0.25, -0.2) is 9.59 Å². The Bertz CT molecular complexity index is 1680. The predicted molar refractivity (Wildman–Crippen MR) is 161 cm³/mol. The topological polar surface area (TPSA) is 211 Å². The number of hydrogen-bond acceptors (Lipinski definition) is 9. The van der Waals surface area contributed by atoms with Gasteiger partial charge in [0.15, 0.2) is 11.8 Å². The molecule has 14 heteroatoms. The number of rotatable bonds is 12. The zero-order chi connectivity index (χ0) is 33.8. The number of carbonyl (C=O) groups is 7. The van der Waals surface area contributed by atoms with Crippen molar-refractivity contribution in [2.75, 3.05) is 4.90 Å². The van der Waals surface area contributed by atoms with Crippen LogP contribution in [-0.4, -0.2) is 68.6 Å². The molecule has 3 aromatic carbocycles. The van der Waals surface area contributed by atoms with Crippen molar-refractivity contribution in [2.24, 2.45) is 11.5 Å². The number of aliphatic carboxylic acids is 1. The molecule has 1 aliphatic rings. The Kier molecular flexibility index (Phi) is 9.62. The van der Waals surface area contributed by atoms with Crippen molar-refractivity contribution >= 4 is 47.2 Å². The van der Waals surface area contributed by atoms with Crippen molar-refractivity contribution in [1.29, 1.82) is 0 Å². The molecular formula is C32H31N5O9. The first-order valence-electron chi connectivity index (χ1n) is 14.0. The van der Waals surface area contributed by atoms with E-state index in [1.807, 2.05) is 0 Å². The molecule has 0 radical (unpaired) electrons. The minimum atomic E-state index is -2.06. The smallest absolute Gasteiger partial charge is 0.363 e. The van der Waals surface area contributed by atoms with Gasteiger partial charge in [0.25, 0.3) is 5.91 Å². The number of para-hydroxylation sites is 1. The number of amides is 5. The highest BCUT2D eigenvalue weighted by Crippen LogP contribution is 2.39. The summed E-state index contributed by atoms with van der Waals surface area (Å²) in [7, 11) is 0.